The fourth-order valence-electron chi connectivity index (χ4n) is 5.13. The van der Waals surface area contributed by atoms with E-state index >= 15 is 0 Å². The molecular weight excluding hydrogens is 475 g/mol. The largest absolute Gasteiger partial charge is 0.385 e. The molecule has 2 N–H and O–H groups in total. The Morgan fingerprint density at radius 3 is 1.34 bits per heavy atom. The number of carbonyl (C=O) groups is 1. The van der Waals surface area contributed by atoms with Crippen LogP contribution in [0.2, 0.25) is 0 Å². The normalized spacial score (nSPS) is 20.5. The van der Waals surface area contributed by atoms with Crippen LogP contribution in [0, 0.1) is 0 Å². The summed E-state index contributed by atoms with van der Waals surface area (Å²) in [7, 11) is 0. The SMILES string of the molecule is I.O=C(c1ccccc1C1(O)CCCCC1)c1ccccc1C1(O)CCCCC1. The molecule has 0 aliphatic heterocycles. The Balaban J connectivity index is 0.00000240. The van der Waals surface area contributed by atoms with E-state index < -0.39 is 11.2 Å². The summed E-state index contributed by atoms with van der Waals surface area (Å²) >= 11 is 0. The van der Waals surface area contributed by atoms with Gasteiger partial charge in [-0.1, -0.05) is 87.1 Å². The summed E-state index contributed by atoms with van der Waals surface area (Å²) in [5.41, 5.74) is 0.760. The molecule has 4 rings (SSSR count). The van der Waals surface area contributed by atoms with Crippen LogP contribution in [-0.4, -0.2) is 16.0 Å². The number of hydrogen-bond acceptors (Lipinski definition) is 3. The minimum absolute atomic E-state index is 0. The summed E-state index contributed by atoms with van der Waals surface area (Å²) in [6, 6.07) is 15.0. The first kappa shape index (κ1) is 22.4. The van der Waals surface area contributed by atoms with Crippen molar-refractivity contribution in [2.45, 2.75) is 75.4 Å². The van der Waals surface area contributed by atoms with Gasteiger partial charge in [0.05, 0.1) is 11.2 Å². The van der Waals surface area contributed by atoms with Crippen LogP contribution in [0.5, 0.6) is 0 Å². The molecule has 2 fully saturated rings. The average molecular weight is 506 g/mol. The smallest absolute Gasteiger partial charge is 0.193 e. The summed E-state index contributed by atoms with van der Waals surface area (Å²) in [6.45, 7) is 0. The number of aliphatic hydroxyl groups is 2. The van der Waals surface area contributed by atoms with Crippen molar-refractivity contribution in [2.75, 3.05) is 0 Å². The summed E-state index contributed by atoms with van der Waals surface area (Å²) in [5, 5.41) is 22.6. The first-order valence-electron chi connectivity index (χ1n) is 10.7. The van der Waals surface area contributed by atoms with Crippen molar-refractivity contribution in [2.24, 2.45) is 0 Å². The number of benzene rings is 2. The third-order valence-corrected chi connectivity index (χ3v) is 6.71. The van der Waals surface area contributed by atoms with Gasteiger partial charge in [-0.2, -0.15) is 0 Å². The van der Waals surface area contributed by atoms with Crippen LogP contribution in [0.3, 0.4) is 0 Å². The van der Waals surface area contributed by atoms with Crippen molar-refractivity contribution in [3.8, 4) is 0 Å². The number of ketones is 1. The molecule has 2 aliphatic carbocycles. The average Bonchev–Trinajstić information content (AvgIpc) is 2.74. The first-order chi connectivity index (χ1) is 13.5. The van der Waals surface area contributed by atoms with Crippen LogP contribution in [-0.2, 0) is 11.2 Å². The van der Waals surface area contributed by atoms with Gasteiger partial charge in [0.15, 0.2) is 5.78 Å². The number of rotatable bonds is 4. The van der Waals surface area contributed by atoms with Gasteiger partial charge in [-0.25, -0.2) is 0 Å². The predicted octanol–water partition coefficient (Wildman–Crippen LogP) is 5.84. The molecular formula is C25H31IO3. The van der Waals surface area contributed by atoms with Crippen LogP contribution < -0.4 is 0 Å². The predicted molar refractivity (Wildman–Crippen MR) is 126 cm³/mol. The zero-order valence-corrected chi connectivity index (χ0v) is 19.2. The van der Waals surface area contributed by atoms with Crippen LogP contribution in [0.4, 0.5) is 0 Å². The Bertz CT molecular complexity index is 779. The third kappa shape index (κ3) is 4.44. The maximum absolute atomic E-state index is 13.6. The molecule has 0 heterocycles. The molecule has 2 aromatic rings. The maximum Gasteiger partial charge on any atom is 0.193 e. The number of carbonyl (C=O) groups excluding carboxylic acids is 1. The Hall–Kier alpha value is -1.24. The molecule has 0 bridgehead atoms. The second-order valence-corrected chi connectivity index (χ2v) is 8.60. The molecule has 0 radical (unpaired) electrons. The highest BCUT2D eigenvalue weighted by molar-refractivity contribution is 14.0. The molecule has 4 heteroatoms. The second-order valence-electron chi connectivity index (χ2n) is 8.60. The lowest BCUT2D eigenvalue weighted by molar-refractivity contribution is -0.00187. The molecule has 2 aliphatic rings. The lowest BCUT2D eigenvalue weighted by Crippen LogP contribution is -2.32. The second kappa shape index (κ2) is 9.27. The molecule has 0 spiro atoms. The molecule has 0 unspecified atom stereocenters. The van der Waals surface area contributed by atoms with Gasteiger partial charge in [-0.3, -0.25) is 4.79 Å². The zero-order chi connectivity index (χ0) is 19.6. The van der Waals surface area contributed by atoms with Gasteiger partial charge in [-0.05, 0) is 36.8 Å². The van der Waals surface area contributed by atoms with Gasteiger partial charge in [0.1, 0.15) is 0 Å². The highest BCUT2D eigenvalue weighted by Crippen LogP contribution is 2.41. The van der Waals surface area contributed by atoms with Gasteiger partial charge in [0.25, 0.3) is 0 Å². The van der Waals surface area contributed by atoms with E-state index in [9.17, 15) is 15.0 Å². The fraction of sp³-hybridized carbons (Fsp3) is 0.480. The lowest BCUT2D eigenvalue weighted by atomic mass is 9.74. The monoisotopic (exact) mass is 506 g/mol. The van der Waals surface area contributed by atoms with Gasteiger partial charge in [0.2, 0.25) is 0 Å². The van der Waals surface area contributed by atoms with E-state index in [4.69, 9.17) is 0 Å². The zero-order valence-electron chi connectivity index (χ0n) is 16.9. The van der Waals surface area contributed by atoms with Gasteiger partial charge in [-0.15, -0.1) is 24.0 Å². The van der Waals surface area contributed by atoms with E-state index in [1.54, 1.807) is 0 Å². The highest BCUT2D eigenvalue weighted by Gasteiger charge is 2.37. The summed E-state index contributed by atoms with van der Waals surface area (Å²) in [5.74, 6) is -0.0933. The van der Waals surface area contributed by atoms with Gasteiger partial charge >= 0.3 is 0 Å². The Labute approximate surface area is 190 Å². The third-order valence-electron chi connectivity index (χ3n) is 6.71. The summed E-state index contributed by atoms with van der Waals surface area (Å²) in [6.07, 6.45) is 8.98. The van der Waals surface area contributed by atoms with E-state index in [2.05, 4.69) is 0 Å². The van der Waals surface area contributed by atoms with Crippen LogP contribution >= 0.6 is 24.0 Å². The molecule has 0 amide bonds. The van der Waals surface area contributed by atoms with Crippen LogP contribution in [0.1, 0.15) is 91.3 Å². The van der Waals surface area contributed by atoms with Crippen molar-refractivity contribution in [3.63, 3.8) is 0 Å². The topological polar surface area (TPSA) is 57.5 Å². The van der Waals surface area contributed by atoms with E-state index in [1.807, 2.05) is 48.5 Å². The summed E-state index contributed by atoms with van der Waals surface area (Å²) < 4.78 is 0. The molecule has 0 aromatic heterocycles. The van der Waals surface area contributed by atoms with E-state index in [1.165, 1.54) is 0 Å². The molecule has 2 aromatic carbocycles. The van der Waals surface area contributed by atoms with Crippen molar-refractivity contribution in [1.82, 2.24) is 0 Å². The standard InChI is InChI=1S/C25H30O3.HI/c26-23(19-11-3-5-13-21(19)24(27)15-7-1-8-16-24)20-12-4-6-14-22(20)25(28)17-9-2-10-18-25;/h3-6,11-14,27-28H,1-2,7-10,15-18H2;1H. The molecule has 0 saturated heterocycles. The molecule has 0 atom stereocenters. The van der Waals surface area contributed by atoms with Crippen LogP contribution in [0.25, 0.3) is 0 Å². The minimum Gasteiger partial charge on any atom is -0.385 e. The molecule has 2 saturated carbocycles. The fourth-order valence-corrected chi connectivity index (χ4v) is 5.13. The first-order valence-corrected chi connectivity index (χ1v) is 10.7. The lowest BCUT2D eigenvalue weighted by Gasteiger charge is -2.35. The Kier molecular flexibility index (Phi) is 7.18. The summed E-state index contributed by atoms with van der Waals surface area (Å²) in [4.78, 5) is 13.6. The Morgan fingerprint density at radius 1 is 0.621 bits per heavy atom. The molecule has 29 heavy (non-hydrogen) atoms. The van der Waals surface area contributed by atoms with Crippen molar-refractivity contribution in [1.29, 1.82) is 0 Å². The van der Waals surface area contributed by atoms with Crippen molar-refractivity contribution in [3.05, 3.63) is 70.8 Å². The Morgan fingerprint density at radius 2 is 0.966 bits per heavy atom. The quantitative estimate of drug-likeness (QED) is 0.405. The number of hydrogen-bond donors (Lipinski definition) is 2. The van der Waals surface area contributed by atoms with E-state index in [0.29, 0.717) is 36.8 Å². The highest BCUT2D eigenvalue weighted by atomic mass is 127. The molecule has 3 nitrogen and oxygen atoms in total. The minimum atomic E-state index is -0.929. The van der Waals surface area contributed by atoms with Crippen molar-refractivity contribution >= 4 is 29.8 Å². The van der Waals surface area contributed by atoms with Gasteiger partial charge < -0.3 is 10.2 Å². The van der Waals surface area contributed by atoms with Gasteiger partial charge in [0, 0.05) is 11.1 Å². The van der Waals surface area contributed by atoms with Crippen molar-refractivity contribution < 1.29 is 15.0 Å². The van der Waals surface area contributed by atoms with Crippen LogP contribution in [0.15, 0.2) is 48.5 Å². The van der Waals surface area contributed by atoms with E-state index in [0.717, 1.165) is 49.7 Å². The number of halogens is 1. The maximum atomic E-state index is 13.6. The van der Waals surface area contributed by atoms with E-state index in [-0.39, 0.29) is 29.8 Å². The molecule has 156 valence electrons.